The number of thiazole rings is 1. The molecule has 1 aliphatic carbocycles. The van der Waals surface area contributed by atoms with Gasteiger partial charge in [0.25, 0.3) is 11.8 Å². The Morgan fingerprint density at radius 2 is 2.14 bits per heavy atom. The van der Waals surface area contributed by atoms with Crippen molar-refractivity contribution in [2.24, 2.45) is 0 Å². The third-order valence-electron chi connectivity index (χ3n) is 6.63. The van der Waals surface area contributed by atoms with Crippen molar-refractivity contribution in [1.82, 2.24) is 19.7 Å². The minimum atomic E-state index is -1.20. The van der Waals surface area contributed by atoms with Gasteiger partial charge in [0.2, 0.25) is 0 Å². The number of rotatable bonds is 9. The van der Waals surface area contributed by atoms with Gasteiger partial charge in [-0.15, -0.1) is 11.3 Å². The molecule has 2 aromatic heterocycles. The van der Waals surface area contributed by atoms with Gasteiger partial charge in [0, 0.05) is 48.5 Å². The zero-order chi connectivity index (χ0) is 25.4. The largest absolute Gasteiger partial charge is 0.360 e. The quantitative estimate of drug-likeness (QED) is 0.273. The van der Waals surface area contributed by atoms with Crippen LogP contribution in [0.3, 0.4) is 0 Å². The third kappa shape index (κ3) is 5.20. The number of fused-ring (bicyclic) bond motifs is 2. The highest BCUT2D eigenvalue weighted by atomic mass is 79.9. The van der Waals surface area contributed by atoms with E-state index in [1.807, 2.05) is 28.3 Å². The summed E-state index contributed by atoms with van der Waals surface area (Å²) >= 11 is 4.81. The van der Waals surface area contributed by atoms with Gasteiger partial charge in [0.15, 0.2) is 11.2 Å². The minimum Gasteiger partial charge on any atom is -0.360 e. The Bertz CT molecular complexity index is 1290. The number of nitrogens with zero attached hydrogens (tertiary/aromatic N) is 4. The number of carbonyl (C=O) groups excluding carboxylic acids is 2. The summed E-state index contributed by atoms with van der Waals surface area (Å²) < 4.78 is 8.74. The van der Waals surface area contributed by atoms with Gasteiger partial charge in [-0.2, -0.15) is 5.10 Å². The smallest absolute Gasteiger partial charge is 0.255 e. The Hall–Kier alpha value is -2.34. The van der Waals surface area contributed by atoms with Crippen LogP contribution in [-0.4, -0.2) is 46.2 Å². The average molecular weight is 589 g/mol. The van der Waals surface area contributed by atoms with Crippen molar-refractivity contribution >= 4 is 52.3 Å². The maximum absolute atomic E-state index is 13.7. The zero-order valence-electron chi connectivity index (χ0n) is 20.7. The number of carbonyl (C=O) groups is 2. The molecule has 0 spiro atoms. The van der Waals surface area contributed by atoms with E-state index < -0.39 is 14.1 Å². The lowest BCUT2D eigenvalue weighted by atomic mass is 10.1. The summed E-state index contributed by atoms with van der Waals surface area (Å²) in [7, 11) is -1.20. The Balaban J connectivity index is 1.47. The van der Waals surface area contributed by atoms with Gasteiger partial charge >= 0.3 is 0 Å². The normalized spacial score (nSPS) is 15.8. The van der Waals surface area contributed by atoms with Gasteiger partial charge in [0.1, 0.15) is 6.73 Å². The number of nitrogens with one attached hydrogen (secondary N) is 1. The molecule has 1 aliphatic heterocycles. The molecule has 5 rings (SSSR count). The molecular formula is C25H30BrN5O3SSi. The number of halogens is 1. The molecule has 2 amide bonds. The second-order valence-corrected chi connectivity index (χ2v) is 17.9. The monoisotopic (exact) mass is 587 g/mol. The van der Waals surface area contributed by atoms with Crippen LogP contribution >= 0.6 is 27.3 Å². The number of anilines is 1. The maximum Gasteiger partial charge on any atom is 0.255 e. The lowest BCUT2D eigenvalue weighted by molar-refractivity contribution is -0.121. The minimum absolute atomic E-state index is 0.168. The Labute approximate surface area is 224 Å². The molecule has 8 nitrogen and oxygen atoms in total. The predicted molar refractivity (Wildman–Crippen MR) is 146 cm³/mol. The van der Waals surface area contributed by atoms with Crippen LogP contribution in [0.1, 0.15) is 45.3 Å². The SMILES string of the molecule is C[Si](C)(C)CCOCn1nc(C(C(=O)Nc2nccs2)N2Cc3ccc(Br)cc3C2=O)c2c1CCC2. The van der Waals surface area contributed by atoms with Crippen LogP contribution in [0.5, 0.6) is 0 Å². The molecule has 190 valence electrons. The first-order valence-corrected chi connectivity index (χ1v) is 17.6. The summed E-state index contributed by atoms with van der Waals surface area (Å²) in [5, 5.41) is 10.1. The van der Waals surface area contributed by atoms with E-state index in [1.165, 1.54) is 11.3 Å². The molecule has 1 aromatic carbocycles. The van der Waals surface area contributed by atoms with Crippen molar-refractivity contribution in [1.29, 1.82) is 0 Å². The van der Waals surface area contributed by atoms with Crippen LogP contribution < -0.4 is 5.32 Å². The topological polar surface area (TPSA) is 89.3 Å². The number of hydrogen-bond donors (Lipinski definition) is 1. The van der Waals surface area contributed by atoms with Gasteiger partial charge in [-0.25, -0.2) is 9.67 Å². The standard InChI is InChI=1S/C25H30BrN5O3SSi/c1-36(2,3)12-10-34-15-31-20-6-4-5-18(20)21(29-31)22(23(32)28-25-27-9-11-35-25)30-14-16-7-8-17(26)13-19(16)24(30)33/h7-9,11,13,22H,4-6,10,12,14-15H2,1-3H3,(H,27,28,32). The first kappa shape index (κ1) is 25.3. The van der Waals surface area contributed by atoms with E-state index in [9.17, 15) is 9.59 Å². The summed E-state index contributed by atoms with van der Waals surface area (Å²) in [6, 6.07) is 5.90. The molecule has 36 heavy (non-hydrogen) atoms. The van der Waals surface area contributed by atoms with E-state index in [0.29, 0.717) is 36.3 Å². The number of benzene rings is 1. The second kappa shape index (κ2) is 10.2. The summed E-state index contributed by atoms with van der Waals surface area (Å²) in [6.07, 6.45) is 4.37. The molecule has 3 heterocycles. The van der Waals surface area contributed by atoms with Gasteiger partial charge in [-0.05, 0) is 48.6 Å². The molecule has 1 N–H and O–H groups in total. The van der Waals surface area contributed by atoms with Gasteiger partial charge in [0.05, 0.1) is 5.69 Å². The van der Waals surface area contributed by atoms with E-state index in [1.54, 1.807) is 11.1 Å². The zero-order valence-corrected chi connectivity index (χ0v) is 24.1. The van der Waals surface area contributed by atoms with Crippen molar-refractivity contribution in [2.75, 3.05) is 11.9 Å². The molecule has 0 radical (unpaired) electrons. The molecule has 1 unspecified atom stereocenters. The number of amides is 2. The van der Waals surface area contributed by atoms with Crippen LogP contribution in [0.4, 0.5) is 5.13 Å². The highest BCUT2D eigenvalue weighted by Crippen LogP contribution is 2.37. The van der Waals surface area contributed by atoms with Crippen LogP contribution in [0.2, 0.25) is 25.7 Å². The first-order chi connectivity index (χ1) is 17.2. The van der Waals surface area contributed by atoms with E-state index in [2.05, 4.69) is 45.9 Å². The van der Waals surface area contributed by atoms with E-state index >= 15 is 0 Å². The van der Waals surface area contributed by atoms with E-state index in [0.717, 1.165) is 46.6 Å². The van der Waals surface area contributed by atoms with Crippen molar-refractivity contribution in [3.63, 3.8) is 0 Å². The van der Waals surface area contributed by atoms with E-state index in [4.69, 9.17) is 9.84 Å². The summed E-state index contributed by atoms with van der Waals surface area (Å²) in [4.78, 5) is 33.1. The fourth-order valence-electron chi connectivity index (χ4n) is 4.77. The third-order valence-corrected chi connectivity index (χ3v) is 9.52. The molecule has 11 heteroatoms. The van der Waals surface area contributed by atoms with Crippen molar-refractivity contribution in [3.8, 4) is 0 Å². The predicted octanol–water partition coefficient (Wildman–Crippen LogP) is 5.24. The summed E-state index contributed by atoms with van der Waals surface area (Å²) in [5.74, 6) is -0.470. The van der Waals surface area contributed by atoms with Crippen LogP contribution in [0.25, 0.3) is 0 Å². The van der Waals surface area contributed by atoms with Gasteiger partial charge < -0.3 is 9.64 Å². The second-order valence-electron chi connectivity index (χ2n) is 10.5. The summed E-state index contributed by atoms with van der Waals surface area (Å²) in [5.41, 5.74) is 4.33. The average Bonchev–Trinajstić information content (AvgIpc) is 3.59. The number of hydrogen-bond acceptors (Lipinski definition) is 6. The molecular weight excluding hydrogens is 558 g/mol. The Kier molecular flexibility index (Phi) is 7.17. The molecule has 2 aliphatic rings. The Morgan fingerprint density at radius 3 is 2.89 bits per heavy atom. The van der Waals surface area contributed by atoms with Crippen LogP contribution in [-0.2, 0) is 35.6 Å². The van der Waals surface area contributed by atoms with Crippen molar-refractivity contribution in [3.05, 3.63) is 62.3 Å². The summed E-state index contributed by atoms with van der Waals surface area (Å²) in [6.45, 7) is 8.39. The fraction of sp³-hybridized carbons (Fsp3) is 0.440. The fourth-order valence-corrected chi connectivity index (χ4v) is 6.42. The lowest BCUT2D eigenvalue weighted by Gasteiger charge is -2.26. The maximum atomic E-state index is 13.7. The van der Waals surface area contributed by atoms with Gasteiger partial charge in [-0.3, -0.25) is 14.9 Å². The molecule has 0 saturated heterocycles. The highest BCUT2D eigenvalue weighted by molar-refractivity contribution is 9.10. The lowest BCUT2D eigenvalue weighted by Crippen LogP contribution is -2.38. The first-order valence-electron chi connectivity index (χ1n) is 12.2. The van der Waals surface area contributed by atoms with Crippen molar-refractivity contribution in [2.45, 2.75) is 64.3 Å². The highest BCUT2D eigenvalue weighted by Gasteiger charge is 2.41. The molecule has 3 aromatic rings. The Morgan fingerprint density at radius 1 is 1.31 bits per heavy atom. The van der Waals surface area contributed by atoms with Gasteiger partial charge in [-0.1, -0.05) is 41.6 Å². The van der Waals surface area contributed by atoms with Crippen LogP contribution in [0, 0.1) is 0 Å². The molecule has 0 saturated carbocycles. The molecule has 1 atom stereocenters. The number of ether oxygens (including phenoxy) is 1. The van der Waals surface area contributed by atoms with Crippen LogP contribution in [0.15, 0.2) is 34.2 Å². The van der Waals surface area contributed by atoms with Crippen molar-refractivity contribution < 1.29 is 14.3 Å². The molecule has 0 fully saturated rings. The van der Waals surface area contributed by atoms with E-state index in [-0.39, 0.29) is 11.8 Å². The molecule has 0 bridgehead atoms. The number of aromatic nitrogens is 3.